The standard InChI is InChI=1S/C16H23NO2.ClH/c1-12(13-7-6-8-14(11-13)19-2)16(15(17)18)9-4-3-5-10-16;/h6-8,11-12H,3-5,9-10H2,1-2H3,(H2,17,18);1H/t12-;/m1./s1. The monoisotopic (exact) mass is 297 g/mol. The quantitative estimate of drug-likeness (QED) is 0.922. The summed E-state index contributed by atoms with van der Waals surface area (Å²) in [4.78, 5) is 12.0. The molecule has 1 saturated carbocycles. The van der Waals surface area contributed by atoms with Crippen LogP contribution in [0.2, 0.25) is 0 Å². The number of methoxy groups -OCH3 is 1. The topological polar surface area (TPSA) is 52.3 Å². The molecule has 1 aliphatic carbocycles. The molecule has 0 aromatic heterocycles. The van der Waals surface area contributed by atoms with Crippen molar-refractivity contribution < 1.29 is 9.53 Å². The van der Waals surface area contributed by atoms with Gasteiger partial charge in [-0.3, -0.25) is 4.79 Å². The number of carbonyl (C=O) groups is 1. The highest BCUT2D eigenvalue weighted by atomic mass is 35.5. The van der Waals surface area contributed by atoms with Gasteiger partial charge >= 0.3 is 0 Å². The zero-order chi connectivity index (χ0) is 13.9. The average Bonchev–Trinajstić information content (AvgIpc) is 2.47. The third-order valence-electron chi connectivity index (χ3n) is 4.66. The second-order valence-corrected chi connectivity index (χ2v) is 5.58. The lowest BCUT2D eigenvalue weighted by molar-refractivity contribution is -0.130. The first kappa shape index (κ1) is 16.8. The molecule has 4 heteroatoms. The van der Waals surface area contributed by atoms with E-state index in [0.29, 0.717) is 0 Å². The zero-order valence-corrected chi connectivity index (χ0v) is 13.0. The van der Waals surface area contributed by atoms with Crippen LogP contribution in [0.3, 0.4) is 0 Å². The van der Waals surface area contributed by atoms with Gasteiger partial charge in [0.15, 0.2) is 0 Å². The number of hydrogen-bond acceptors (Lipinski definition) is 2. The van der Waals surface area contributed by atoms with Crippen molar-refractivity contribution in [3.8, 4) is 5.75 Å². The van der Waals surface area contributed by atoms with Crippen LogP contribution in [0, 0.1) is 5.41 Å². The predicted molar refractivity (Wildman–Crippen MR) is 83.4 cm³/mol. The van der Waals surface area contributed by atoms with Crippen molar-refractivity contribution in [1.82, 2.24) is 0 Å². The van der Waals surface area contributed by atoms with Crippen molar-refractivity contribution >= 4 is 18.3 Å². The number of nitrogens with two attached hydrogens (primary N) is 1. The van der Waals surface area contributed by atoms with Gasteiger partial charge in [0, 0.05) is 0 Å². The summed E-state index contributed by atoms with van der Waals surface area (Å²) in [5, 5.41) is 0. The molecule has 2 rings (SSSR count). The Bertz CT molecular complexity index is 456. The molecule has 0 unspecified atom stereocenters. The number of primary amides is 1. The normalized spacial score (nSPS) is 18.7. The number of rotatable bonds is 4. The molecule has 1 amide bonds. The van der Waals surface area contributed by atoms with Crippen molar-refractivity contribution in [2.45, 2.75) is 44.9 Å². The van der Waals surface area contributed by atoms with Crippen molar-refractivity contribution in [1.29, 1.82) is 0 Å². The van der Waals surface area contributed by atoms with Crippen LogP contribution in [-0.2, 0) is 4.79 Å². The van der Waals surface area contributed by atoms with Gasteiger partial charge in [-0.1, -0.05) is 38.3 Å². The van der Waals surface area contributed by atoms with E-state index < -0.39 is 0 Å². The van der Waals surface area contributed by atoms with Gasteiger partial charge in [-0.2, -0.15) is 0 Å². The Morgan fingerprint density at radius 2 is 1.95 bits per heavy atom. The van der Waals surface area contributed by atoms with Crippen molar-refractivity contribution in [2.75, 3.05) is 7.11 Å². The second-order valence-electron chi connectivity index (χ2n) is 5.58. The molecule has 20 heavy (non-hydrogen) atoms. The molecule has 2 N–H and O–H groups in total. The van der Waals surface area contributed by atoms with E-state index in [9.17, 15) is 4.79 Å². The lowest BCUT2D eigenvalue weighted by atomic mass is 9.64. The molecule has 3 nitrogen and oxygen atoms in total. The van der Waals surface area contributed by atoms with Crippen molar-refractivity contribution in [3.63, 3.8) is 0 Å². The van der Waals surface area contributed by atoms with Gasteiger partial charge in [0.05, 0.1) is 12.5 Å². The van der Waals surface area contributed by atoms with E-state index in [0.717, 1.165) is 37.0 Å². The summed E-state index contributed by atoms with van der Waals surface area (Å²) < 4.78 is 5.27. The number of amides is 1. The van der Waals surface area contributed by atoms with Crippen LogP contribution in [0.4, 0.5) is 0 Å². The first-order valence-corrected chi connectivity index (χ1v) is 7.04. The minimum absolute atomic E-state index is 0. The Kier molecular flexibility index (Phi) is 5.88. The molecular weight excluding hydrogens is 274 g/mol. The van der Waals surface area contributed by atoms with Crippen LogP contribution >= 0.6 is 12.4 Å². The van der Waals surface area contributed by atoms with E-state index in [1.54, 1.807) is 7.11 Å². The third kappa shape index (κ3) is 3.09. The maximum atomic E-state index is 12.0. The Hall–Kier alpha value is -1.22. The summed E-state index contributed by atoms with van der Waals surface area (Å²) in [5.74, 6) is 0.822. The Balaban J connectivity index is 0.00000200. The highest BCUT2D eigenvalue weighted by Crippen LogP contribution is 2.47. The first-order valence-electron chi connectivity index (χ1n) is 7.04. The van der Waals surface area contributed by atoms with E-state index >= 15 is 0 Å². The molecule has 1 aliphatic rings. The summed E-state index contributed by atoms with van der Waals surface area (Å²) in [5.41, 5.74) is 6.50. The van der Waals surface area contributed by atoms with E-state index in [-0.39, 0.29) is 29.6 Å². The van der Waals surface area contributed by atoms with Gasteiger partial charge in [-0.05, 0) is 36.5 Å². The average molecular weight is 298 g/mol. The zero-order valence-electron chi connectivity index (χ0n) is 12.2. The molecule has 0 saturated heterocycles. The molecule has 112 valence electrons. The highest BCUT2D eigenvalue weighted by Gasteiger charge is 2.43. The lowest BCUT2D eigenvalue weighted by Crippen LogP contribution is -2.42. The number of benzene rings is 1. The fraction of sp³-hybridized carbons (Fsp3) is 0.562. The third-order valence-corrected chi connectivity index (χ3v) is 4.66. The summed E-state index contributed by atoms with van der Waals surface area (Å²) in [6.07, 6.45) is 5.20. The molecule has 0 spiro atoms. The summed E-state index contributed by atoms with van der Waals surface area (Å²) in [7, 11) is 1.66. The number of hydrogen-bond donors (Lipinski definition) is 1. The van der Waals surface area contributed by atoms with Crippen LogP contribution in [-0.4, -0.2) is 13.0 Å². The molecule has 1 fully saturated rings. The minimum atomic E-state index is -0.384. The van der Waals surface area contributed by atoms with Crippen LogP contribution in [0.15, 0.2) is 24.3 Å². The smallest absolute Gasteiger partial charge is 0.224 e. The molecule has 0 aliphatic heterocycles. The number of halogens is 1. The summed E-state index contributed by atoms with van der Waals surface area (Å²) >= 11 is 0. The molecule has 1 atom stereocenters. The van der Waals surface area contributed by atoms with Gasteiger partial charge < -0.3 is 10.5 Å². The fourth-order valence-electron chi connectivity index (χ4n) is 3.31. The fourth-order valence-corrected chi connectivity index (χ4v) is 3.31. The maximum absolute atomic E-state index is 12.0. The molecule has 0 bridgehead atoms. The minimum Gasteiger partial charge on any atom is -0.497 e. The molecular formula is C16H24ClNO2. The molecule has 0 radical (unpaired) electrons. The van der Waals surface area contributed by atoms with Crippen LogP contribution < -0.4 is 10.5 Å². The van der Waals surface area contributed by atoms with Gasteiger partial charge in [0.25, 0.3) is 0 Å². The van der Waals surface area contributed by atoms with Crippen LogP contribution in [0.1, 0.15) is 50.5 Å². The Labute approximate surface area is 127 Å². The number of ether oxygens (including phenoxy) is 1. The van der Waals surface area contributed by atoms with E-state index in [1.807, 2.05) is 18.2 Å². The Morgan fingerprint density at radius 3 is 2.50 bits per heavy atom. The van der Waals surface area contributed by atoms with E-state index in [1.165, 1.54) is 6.42 Å². The van der Waals surface area contributed by atoms with Gasteiger partial charge in [0.2, 0.25) is 5.91 Å². The molecule has 1 aromatic carbocycles. The largest absolute Gasteiger partial charge is 0.497 e. The summed E-state index contributed by atoms with van der Waals surface area (Å²) in [6, 6.07) is 7.98. The molecule has 0 heterocycles. The van der Waals surface area contributed by atoms with Crippen LogP contribution in [0.25, 0.3) is 0 Å². The first-order chi connectivity index (χ1) is 9.10. The van der Waals surface area contributed by atoms with Crippen molar-refractivity contribution in [2.24, 2.45) is 11.1 Å². The SMILES string of the molecule is COc1cccc([C@@H](C)C2(C(N)=O)CCCCC2)c1.Cl. The van der Waals surface area contributed by atoms with Gasteiger partial charge in [-0.25, -0.2) is 0 Å². The molecule has 1 aromatic rings. The van der Waals surface area contributed by atoms with E-state index in [2.05, 4.69) is 13.0 Å². The maximum Gasteiger partial charge on any atom is 0.224 e. The predicted octanol–water partition coefficient (Wildman–Crippen LogP) is 3.66. The number of carbonyl (C=O) groups excluding carboxylic acids is 1. The van der Waals surface area contributed by atoms with Crippen molar-refractivity contribution in [3.05, 3.63) is 29.8 Å². The Morgan fingerprint density at radius 1 is 1.30 bits per heavy atom. The van der Waals surface area contributed by atoms with E-state index in [4.69, 9.17) is 10.5 Å². The van der Waals surface area contributed by atoms with Gasteiger partial charge in [0.1, 0.15) is 5.75 Å². The van der Waals surface area contributed by atoms with Crippen LogP contribution in [0.5, 0.6) is 5.75 Å². The highest BCUT2D eigenvalue weighted by molar-refractivity contribution is 5.85. The second kappa shape index (κ2) is 6.98. The lowest BCUT2D eigenvalue weighted by Gasteiger charge is -2.39. The summed E-state index contributed by atoms with van der Waals surface area (Å²) in [6.45, 7) is 2.12. The van der Waals surface area contributed by atoms with Gasteiger partial charge in [-0.15, -0.1) is 12.4 Å².